The third-order valence-electron chi connectivity index (χ3n) is 2.77. The van der Waals surface area contributed by atoms with Crippen molar-refractivity contribution in [2.45, 2.75) is 41.0 Å². The van der Waals surface area contributed by atoms with Crippen LogP contribution >= 0.6 is 0 Å². The Bertz CT molecular complexity index is 413. The van der Waals surface area contributed by atoms with Crippen LogP contribution < -0.4 is 15.0 Å². The van der Waals surface area contributed by atoms with E-state index in [1.165, 1.54) is 0 Å². The van der Waals surface area contributed by atoms with Crippen LogP contribution in [0.1, 0.15) is 41.0 Å². The van der Waals surface area contributed by atoms with Gasteiger partial charge >= 0.3 is 6.01 Å². The molecule has 1 aromatic rings. The molecule has 0 aliphatic carbocycles. The summed E-state index contributed by atoms with van der Waals surface area (Å²) in [7, 11) is 1.58. The molecule has 0 aliphatic rings. The van der Waals surface area contributed by atoms with Crippen LogP contribution in [0.5, 0.6) is 6.01 Å². The number of hydrogen-bond donors (Lipinski definition) is 1. The van der Waals surface area contributed by atoms with Gasteiger partial charge in [-0.05, 0) is 18.3 Å². The summed E-state index contributed by atoms with van der Waals surface area (Å²) >= 11 is 0. The molecule has 0 atom stereocenters. The van der Waals surface area contributed by atoms with Crippen molar-refractivity contribution in [3.8, 4) is 6.01 Å². The van der Waals surface area contributed by atoms with E-state index in [0.717, 1.165) is 26.1 Å². The Morgan fingerprint density at radius 3 is 2.14 bits per heavy atom. The minimum Gasteiger partial charge on any atom is -0.467 e. The van der Waals surface area contributed by atoms with Crippen molar-refractivity contribution < 1.29 is 4.74 Å². The van der Waals surface area contributed by atoms with Gasteiger partial charge in [-0.15, -0.1) is 0 Å². The summed E-state index contributed by atoms with van der Waals surface area (Å²) in [6.07, 6.45) is 1.02. The molecule has 6 heteroatoms. The summed E-state index contributed by atoms with van der Waals surface area (Å²) in [5.74, 6) is 2.34. The third kappa shape index (κ3) is 6.14. The highest BCUT2D eigenvalue weighted by molar-refractivity contribution is 5.38. The fourth-order valence-electron chi connectivity index (χ4n) is 2.01. The van der Waals surface area contributed by atoms with Gasteiger partial charge in [0.25, 0.3) is 0 Å². The zero-order chi connectivity index (χ0) is 15.8. The van der Waals surface area contributed by atoms with E-state index in [4.69, 9.17) is 4.74 Å². The molecule has 0 amide bonds. The Hall–Kier alpha value is -1.59. The second-order valence-corrected chi connectivity index (χ2v) is 6.07. The Balaban J connectivity index is 3.03. The molecule has 1 N–H and O–H groups in total. The highest BCUT2D eigenvalue weighted by Crippen LogP contribution is 2.17. The molecule has 0 unspecified atom stereocenters. The maximum atomic E-state index is 5.21. The Morgan fingerprint density at radius 2 is 1.67 bits per heavy atom. The van der Waals surface area contributed by atoms with E-state index in [1.54, 1.807) is 7.11 Å². The molecule has 0 saturated heterocycles. The fourth-order valence-corrected chi connectivity index (χ4v) is 2.01. The van der Waals surface area contributed by atoms with Gasteiger partial charge in [0.2, 0.25) is 11.9 Å². The van der Waals surface area contributed by atoms with Crippen molar-refractivity contribution in [2.24, 2.45) is 11.8 Å². The second-order valence-electron chi connectivity index (χ2n) is 6.07. The van der Waals surface area contributed by atoms with Gasteiger partial charge in [0.1, 0.15) is 0 Å². The molecular formula is C15H29N5O. The molecule has 6 nitrogen and oxygen atoms in total. The standard InChI is InChI=1S/C15H29N5O/c1-7-8-16-13-17-14(19-15(18-13)21-6)20(9-11(2)3)10-12(4)5/h11-12H,7-10H2,1-6H3,(H,16,17,18,19). The van der Waals surface area contributed by atoms with Crippen molar-refractivity contribution >= 4 is 11.9 Å². The molecular weight excluding hydrogens is 266 g/mol. The zero-order valence-electron chi connectivity index (χ0n) is 14.2. The molecule has 0 saturated carbocycles. The molecule has 0 radical (unpaired) electrons. The highest BCUT2D eigenvalue weighted by Gasteiger charge is 2.16. The van der Waals surface area contributed by atoms with E-state index in [9.17, 15) is 0 Å². The predicted octanol–water partition coefficient (Wildman–Crippen LogP) is 2.82. The van der Waals surface area contributed by atoms with Crippen molar-refractivity contribution in [3.63, 3.8) is 0 Å². The van der Waals surface area contributed by atoms with Crippen molar-refractivity contribution in [1.29, 1.82) is 0 Å². The monoisotopic (exact) mass is 295 g/mol. The van der Waals surface area contributed by atoms with Crippen LogP contribution in [0.25, 0.3) is 0 Å². The van der Waals surface area contributed by atoms with E-state index in [2.05, 4.69) is 59.8 Å². The molecule has 1 heterocycles. The molecule has 1 aromatic heterocycles. The highest BCUT2D eigenvalue weighted by atomic mass is 16.5. The van der Waals surface area contributed by atoms with Gasteiger partial charge in [0, 0.05) is 19.6 Å². The molecule has 1 rings (SSSR count). The third-order valence-corrected chi connectivity index (χ3v) is 2.77. The lowest BCUT2D eigenvalue weighted by molar-refractivity contribution is 0.378. The average molecular weight is 295 g/mol. The van der Waals surface area contributed by atoms with Crippen LogP contribution in [-0.4, -0.2) is 41.7 Å². The molecule has 0 aliphatic heterocycles. The number of rotatable bonds is 9. The topological polar surface area (TPSA) is 63.2 Å². The fraction of sp³-hybridized carbons (Fsp3) is 0.800. The van der Waals surface area contributed by atoms with Gasteiger partial charge < -0.3 is 15.0 Å². The van der Waals surface area contributed by atoms with Gasteiger partial charge in [0.05, 0.1) is 7.11 Å². The van der Waals surface area contributed by atoms with Gasteiger partial charge in [-0.1, -0.05) is 34.6 Å². The summed E-state index contributed by atoms with van der Waals surface area (Å²) in [4.78, 5) is 15.4. The maximum Gasteiger partial charge on any atom is 0.322 e. The van der Waals surface area contributed by atoms with Crippen LogP contribution in [0.15, 0.2) is 0 Å². The lowest BCUT2D eigenvalue weighted by Crippen LogP contribution is -2.33. The Kier molecular flexibility index (Phi) is 7.19. The van der Waals surface area contributed by atoms with E-state index in [-0.39, 0.29) is 0 Å². The summed E-state index contributed by atoms with van der Waals surface area (Å²) in [6.45, 7) is 13.6. The molecule has 0 spiro atoms. The largest absolute Gasteiger partial charge is 0.467 e. The lowest BCUT2D eigenvalue weighted by Gasteiger charge is -2.26. The van der Waals surface area contributed by atoms with E-state index in [0.29, 0.717) is 29.7 Å². The van der Waals surface area contributed by atoms with Crippen molar-refractivity contribution in [2.75, 3.05) is 37.0 Å². The zero-order valence-corrected chi connectivity index (χ0v) is 14.2. The minimum absolute atomic E-state index is 0.358. The lowest BCUT2D eigenvalue weighted by atomic mass is 10.1. The minimum atomic E-state index is 0.358. The first-order chi connectivity index (χ1) is 9.96. The summed E-state index contributed by atoms with van der Waals surface area (Å²) in [5, 5.41) is 3.20. The van der Waals surface area contributed by atoms with E-state index < -0.39 is 0 Å². The van der Waals surface area contributed by atoms with E-state index >= 15 is 0 Å². The maximum absolute atomic E-state index is 5.21. The first-order valence-corrected chi connectivity index (χ1v) is 7.75. The van der Waals surface area contributed by atoms with Gasteiger partial charge in [-0.25, -0.2) is 0 Å². The normalized spacial score (nSPS) is 11.0. The smallest absolute Gasteiger partial charge is 0.322 e. The molecule has 120 valence electrons. The second kappa shape index (κ2) is 8.64. The van der Waals surface area contributed by atoms with Gasteiger partial charge in [-0.2, -0.15) is 15.0 Å². The number of anilines is 2. The summed E-state index contributed by atoms with van der Waals surface area (Å²) in [6, 6.07) is 0.358. The first kappa shape index (κ1) is 17.5. The molecule has 0 fully saturated rings. The Morgan fingerprint density at radius 1 is 1.05 bits per heavy atom. The molecule has 21 heavy (non-hydrogen) atoms. The first-order valence-electron chi connectivity index (χ1n) is 7.75. The van der Waals surface area contributed by atoms with E-state index in [1.807, 2.05) is 0 Å². The van der Waals surface area contributed by atoms with Crippen LogP contribution in [0.2, 0.25) is 0 Å². The summed E-state index contributed by atoms with van der Waals surface area (Å²) < 4.78 is 5.21. The number of ether oxygens (including phenoxy) is 1. The number of nitrogens with zero attached hydrogens (tertiary/aromatic N) is 4. The number of aromatic nitrogens is 3. The van der Waals surface area contributed by atoms with Gasteiger partial charge in [0.15, 0.2) is 0 Å². The SMILES string of the molecule is CCCNc1nc(OC)nc(N(CC(C)C)CC(C)C)n1. The number of nitrogens with one attached hydrogen (secondary N) is 1. The number of hydrogen-bond acceptors (Lipinski definition) is 6. The van der Waals surface area contributed by atoms with Crippen LogP contribution in [-0.2, 0) is 0 Å². The van der Waals surface area contributed by atoms with Crippen LogP contribution in [0.3, 0.4) is 0 Å². The van der Waals surface area contributed by atoms with Crippen LogP contribution in [0.4, 0.5) is 11.9 Å². The van der Waals surface area contributed by atoms with Crippen molar-refractivity contribution in [1.82, 2.24) is 15.0 Å². The Labute approximate surface area is 128 Å². The van der Waals surface area contributed by atoms with Crippen molar-refractivity contribution in [3.05, 3.63) is 0 Å². The number of methoxy groups -OCH3 is 1. The average Bonchev–Trinajstić information content (AvgIpc) is 2.43. The molecule has 0 bridgehead atoms. The summed E-state index contributed by atoms with van der Waals surface area (Å²) in [5.41, 5.74) is 0. The molecule has 0 aromatic carbocycles. The predicted molar refractivity (Wildman–Crippen MR) is 87.0 cm³/mol. The van der Waals surface area contributed by atoms with Crippen LogP contribution in [0, 0.1) is 11.8 Å². The van der Waals surface area contributed by atoms with Gasteiger partial charge in [-0.3, -0.25) is 0 Å². The quantitative estimate of drug-likeness (QED) is 0.756.